The van der Waals surface area contributed by atoms with Crippen molar-refractivity contribution in [2.24, 2.45) is 0 Å². The first-order chi connectivity index (χ1) is 12.8. The van der Waals surface area contributed by atoms with Gasteiger partial charge in [0.25, 0.3) is 0 Å². The Hall–Kier alpha value is -2.62. The minimum absolute atomic E-state index is 0.0352. The van der Waals surface area contributed by atoms with Crippen molar-refractivity contribution >= 4 is 11.8 Å². The van der Waals surface area contributed by atoms with Gasteiger partial charge in [-0.15, -0.1) is 0 Å². The number of rotatable bonds is 7. The molecular weight excluding hydrogens is 336 g/mol. The molecule has 1 atom stereocenters. The summed E-state index contributed by atoms with van der Waals surface area (Å²) in [7, 11) is 0. The average molecular weight is 367 g/mol. The Labute approximate surface area is 162 Å². The summed E-state index contributed by atoms with van der Waals surface area (Å²) in [5, 5.41) is 2.91. The number of amides is 2. The van der Waals surface area contributed by atoms with Crippen LogP contribution in [0.1, 0.15) is 43.0 Å². The van der Waals surface area contributed by atoms with Gasteiger partial charge in [0.15, 0.2) is 0 Å². The van der Waals surface area contributed by atoms with Crippen LogP contribution in [-0.4, -0.2) is 28.8 Å². The first-order valence-electron chi connectivity index (χ1n) is 9.47. The lowest BCUT2D eigenvalue weighted by molar-refractivity contribution is -0.140. The van der Waals surface area contributed by atoms with Crippen molar-refractivity contribution in [3.05, 3.63) is 70.8 Å². The van der Waals surface area contributed by atoms with E-state index in [0.717, 1.165) is 22.3 Å². The lowest BCUT2D eigenvalue weighted by Crippen LogP contribution is -2.49. The van der Waals surface area contributed by atoms with Gasteiger partial charge in [-0.1, -0.05) is 59.7 Å². The predicted molar refractivity (Wildman–Crippen MR) is 109 cm³/mol. The molecule has 0 saturated carbocycles. The highest BCUT2D eigenvalue weighted by Gasteiger charge is 2.26. The molecule has 2 rings (SSSR count). The number of carbonyl (C=O) groups excluding carboxylic acids is 2. The third kappa shape index (κ3) is 6.24. The third-order valence-electron chi connectivity index (χ3n) is 4.51. The van der Waals surface area contributed by atoms with Crippen molar-refractivity contribution in [3.8, 4) is 0 Å². The molecule has 0 aromatic heterocycles. The number of nitrogens with zero attached hydrogens (tertiary/aromatic N) is 1. The van der Waals surface area contributed by atoms with Crippen molar-refractivity contribution in [3.63, 3.8) is 0 Å². The Bertz CT molecular complexity index is 781. The third-order valence-corrected chi connectivity index (χ3v) is 4.51. The first-order valence-corrected chi connectivity index (χ1v) is 9.47. The maximum atomic E-state index is 13.1. The van der Waals surface area contributed by atoms with Gasteiger partial charge in [0.05, 0.1) is 6.42 Å². The zero-order chi connectivity index (χ0) is 20.0. The molecule has 0 bridgehead atoms. The molecule has 0 aliphatic carbocycles. The molecule has 0 aliphatic rings. The van der Waals surface area contributed by atoms with E-state index in [9.17, 15) is 9.59 Å². The Morgan fingerprint density at radius 1 is 0.926 bits per heavy atom. The molecule has 0 unspecified atom stereocenters. The van der Waals surface area contributed by atoms with Gasteiger partial charge in [-0.25, -0.2) is 0 Å². The number of aryl methyl sites for hydroxylation is 2. The highest BCUT2D eigenvalue weighted by atomic mass is 16.2. The number of hydrogen-bond acceptors (Lipinski definition) is 2. The second-order valence-electron chi connectivity index (χ2n) is 7.51. The minimum atomic E-state index is -0.536. The molecule has 144 valence electrons. The average Bonchev–Trinajstić information content (AvgIpc) is 2.60. The quantitative estimate of drug-likeness (QED) is 0.810. The molecule has 2 aromatic carbocycles. The zero-order valence-corrected chi connectivity index (χ0v) is 17.0. The second-order valence-corrected chi connectivity index (χ2v) is 7.51. The van der Waals surface area contributed by atoms with Gasteiger partial charge in [-0.2, -0.15) is 0 Å². The van der Waals surface area contributed by atoms with E-state index in [-0.39, 0.29) is 24.3 Å². The molecule has 1 N–H and O–H groups in total. The summed E-state index contributed by atoms with van der Waals surface area (Å²) in [5.74, 6) is -0.179. The summed E-state index contributed by atoms with van der Waals surface area (Å²) in [6, 6.07) is 15.5. The number of benzene rings is 2. The van der Waals surface area contributed by atoms with Crippen molar-refractivity contribution in [1.29, 1.82) is 0 Å². The summed E-state index contributed by atoms with van der Waals surface area (Å²) in [6.45, 7) is 10.1. The summed E-state index contributed by atoms with van der Waals surface area (Å²) in [6.07, 6.45) is 0.283. The van der Waals surface area contributed by atoms with Gasteiger partial charge < -0.3 is 10.2 Å². The minimum Gasteiger partial charge on any atom is -0.352 e. The number of carbonyl (C=O) groups is 2. The molecular formula is C23H30N2O2. The summed E-state index contributed by atoms with van der Waals surface area (Å²) < 4.78 is 0. The Morgan fingerprint density at radius 2 is 1.59 bits per heavy atom. The molecule has 2 aromatic rings. The van der Waals surface area contributed by atoms with E-state index in [1.165, 1.54) is 0 Å². The normalized spacial score (nSPS) is 11.9. The fraction of sp³-hybridized carbons (Fsp3) is 0.391. The zero-order valence-electron chi connectivity index (χ0n) is 17.0. The van der Waals surface area contributed by atoms with Crippen LogP contribution in [0.15, 0.2) is 48.5 Å². The largest absolute Gasteiger partial charge is 0.352 e. The summed E-state index contributed by atoms with van der Waals surface area (Å²) in [4.78, 5) is 27.3. The van der Waals surface area contributed by atoms with Crippen LogP contribution in [0, 0.1) is 13.8 Å². The maximum Gasteiger partial charge on any atom is 0.242 e. The van der Waals surface area contributed by atoms with Crippen LogP contribution >= 0.6 is 0 Å². The van der Waals surface area contributed by atoms with Crippen molar-refractivity contribution in [2.75, 3.05) is 0 Å². The molecule has 0 fully saturated rings. The highest BCUT2D eigenvalue weighted by molar-refractivity contribution is 5.88. The standard InChI is InChI=1S/C23H30N2O2/c1-16(2)24-23(27)19(5)25(15-21-8-6-7-18(4)13-21)22(26)14-20-11-9-17(3)10-12-20/h6-13,16,19H,14-15H2,1-5H3,(H,24,27)/t19-/m1/s1. The van der Waals surface area contributed by atoms with Crippen LogP contribution < -0.4 is 5.32 Å². The molecule has 27 heavy (non-hydrogen) atoms. The molecule has 4 heteroatoms. The van der Waals surface area contributed by atoms with Crippen molar-refractivity contribution in [2.45, 2.75) is 59.7 Å². The SMILES string of the molecule is Cc1ccc(CC(=O)N(Cc2cccc(C)c2)[C@H](C)C(=O)NC(C)C)cc1. The van der Waals surface area contributed by atoms with Gasteiger partial charge in [0.2, 0.25) is 11.8 Å². The molecule has 0 saturated heterocycles. The maximum absolute atomic E-state index is 13.1. The molecule has 4 nitrogen and oxygen atoms in total. The second kappa shape index (κ2) is 9.36. The van der Waals surface area contributed by atoms with E-state index in [1.807, 2.05) is 70.2 Å². The van der Waals surface area contributed by atoms with Gasteiger partial charge in [0.1, 0.15) is 6.04 Å². The van der Waals surface area contributed by atoms with E-state index >= 15 is 0 Å². The first kappa shape index (κ1) is 20.7. The predicted octanol–water partition coefficient (Wildman–Crippen LogP) is 3.79. The lowest BCUT2D eigenvalue weighted by Gasteiger charge is -2.29. The van der Waals surface area contributed by atoms with Crippen LogP contribution in [-0.2, 0) is 22.6 Å². The van der Waals surface area contributed by atoms with Crippen LogP contribution in [0.2, 0.25) is 0 Å². The Kier molecular flexibility index (Phi) is 7.17. The molecule has 0 radical (unpaired) electrons. The van der Waals surface area contributed by atoms with E-state index < -0.39 is 6.04 Å². The van der Waals surface area contributed by atoms with Crippen molar-refractivity contribution < 1.29 is 9.59 Å². The molecule has 2 amide bonds. The smallest absolute Gasteiger partial charge is 0.242 e. The molecule has 0 spiro atoms. The van der Waals surface area contributed by atoms with Crippen LogP contribution in [0.4, 0.5) is 0 Å². The molecule has 0 heterocycles. The molecule has 0 aliphatic heterocycles. The van der Waals surface area contributed by atoms with Crippen LogP contribution in [0.25, 0.3) is 0 Å². The fourth-order valence-corrected chi connectivity index (χ4v) is 2.98. The van der Waals surface area contributed by atoms with E-state index in [0.29, 0.717) is 6.54 Å². The Balaban J connectivity index is 2.22. The summed E-state index contributed by atoms with van der Waals surface area (Å²) in [5.41, 5.74) is 4.28. The number of hydrogen-bond donors (Lipinski definition) is 1. The fourth-order valence-electron chi connectivity index (χ4n) is 2.98. The number of nitrogens with one attached hydrogen (secondary N) is 1. The monoisotopic (exact) mass is 366 g/mol. The summed E-state index contributed by atoms with van der Waals surface area (Å²) >= 11 is 0. The van der Waals surface area contributed by atoms with E-state index in [4.69, 9.17) is 0 Å². The van der Waals surface area contributed by atoms with Gasteiger partial charge in [0, 0.05) is 12.6 Å². The van der Waals surface area contributed by atoms with Crippen molar-refractivity contribution in [1.82, 2.24) is 10.2 Å². The lowest BCUT2D eigenvalue weighted by atomic mass is 10.1. The van der Waals surface area contributed by atoms with Crippen LogP contribution in [0.3, 0.4) is 0 Å². The van der Waals surface area contributed by atoms with E-state index in [2.05, 4.69) is 11.4 Å². The van der Waals surface area contributed by atoms with Gasteiger partial charge in [-0.3, -0.25) is 9.59 Å². The van der Waals surface area contributed by atoms with Crippen LogP contribution in [0.5, 0.6) is 0 Å². The topological polar surface area (TPSA) is 49.4 Å². The van der Waals surface area contributed by atoms with Gasteiger partial charge >= 0.3 is 0 Å². The van der Waals surface area contributed by atoms with E-state index in [1.54, 1.807) is 11.8 Å². The highest BCUT2D eigenvalue weighted by Crippen LogP contribution is 2.14. The van der Waals surface area contributed by atoms with Gasteiger partial charge in [-0.05, 0) is 45.7 Å². The Morgan fingerprint density at radius 3 is 2.19 bits per heavy atom.